The summed E-state index contributed by atoms with van der Waals surface area (Å²) < 4.78 is -1.24. The second-order valence-electron chi connectivity index (χ2n) is 5.79. The van der Waals surface area contributed by atoms with Crippen LogP contribution in [0.2, 0.25) is 5.02 Å². The number of carbonyl (C=O) groups is 1. The van der Waals surface area contributed by atoms with Crippen molar-refractivity contribution in [3.63, 3.8) is 0 Å². The first kappa shape index (κ1) is 19.6. The molecule has 0 N–H and O–H groups in total. The van der Waals surface area contributed by atoms with Crippen LogP contribution >= 0.6 is 35.1 Å². The smallest absolute Gasteiger partial charge is 0.194 e. The average molecular weight is 410 g/mol. The quantitative estimate of drug-likeness (QED) is 0.336. The minimum Gasteiger partial charge on any atom is -0.291 e. The van der Waals surface area contributed by atoms with Crippen LogP contribution in [0.15, 0.2) is 94.7 Å². The third kappa shape index (κ3) is 4.95. The first-order chi connectivity index (χ1) is 13.1. The monoisotopic (exact) mass is 409 g/mol. The molecule has 1 atom stereocenters. The van der Waals surface area contributed by atoms with Gasteiger partial charge in [0.1, 0.15) is 0 Å². The van der Waals surface area contributed by atoms with E-state index in [4.69, 9.17) is 11.6 Å². The van der Waals surface area contributed by atoms with E-state index in [0.717, 1.165) is 9.79 Å². The number of Topliss-reactive ketones (excluding diaryl/α,β-unsaturated/α-hetero) is 1. The van der Waals surface area contributed by atoms with E-state index < -0.39 is 4.75 Å². The van der Waals surface area contributed by atoms with Crippen molar-refractivity contribution in [1.29, 1.82) is 5.26 Å². The van der Waals surface area contributed by atoms with Gasteiger partial charge in [0.15, 0.2) is 10.5 Å². The number of ketones is 1. The van der Waals surface area contributed by atoms with Gasteiger partial charge >= 0.3 is 0 Å². The molecule has 3 aromatic rings. The average Bonchev–Trinajstić information content (AvgIpc) is 2.73. The number of benzene rings is 3. The van der Waals surface area contributed by atoms with Crippen LogP contribution < -0.4 is 0 Å². The summed E-state index contributed by atoms with van der Waals surface area (Å²) in [6.07, 6.45) is 0. The van der Waals surface area contributed by atoms with Crippen LogP contribution in [0.3, 0.4) is 0 Å². The SMILES string of the molecule is N#CC(CSc1ccccc1)(Sc1ccccc1)C(=O)c1ccc(Cl)cc1. The number of nitriles is 1. The Morgan fingerprint density at radius 2 is 1.44 bits per heavy atom. The molecular weight excluding hydrogens is 394 g/mol. The maximum Gasteiger partial charge on any atom is 0.194 e. The highest BCUT2D eigenvalue weighted by molar-refractivity contribution is 8.04. The van der Waals surface area contributed by atoms with E-state index in [1.807, 2.05) is 60.7 Å². The molecule has 0 aromatic heterocycles. The van der Waals surface area contributed by atoms with Crippen LogP contribution in [0.25, 0.3) is 0 Å². The molecule has 1 unspecified atom stereocenters. The van der Waals surface area contributed by atoms with Gasteiger partial charge in [-0.2, -0.15) is 5.26 Å². The third-order valence-electron chi connectivity index (χ3n) is 3.87. The van der Waals surface area contributed by atoms with E-state index in [9.17, 15) is 10.1 Å². The predicted octanol–water partition coefficient (Wildman–Crippen LogP) is 6.37. The molecular formula is C22H16ClNOS2. The summed E-state index contributed by atoms with van der Waals surface area (Å²) in [7, 11) is 0. The van der Waals surface area contributed by atoms with Gasteiger partial charge in [0.25, 0.3) is 0 Å². The summed E-state index contributed by atoms with van der Waals surface area (Å²) in [4.78, 5) is 15.2. The minimum atomic E-state index is -1.24. The molecule has 134 valence electrons. The fourth-order valence-electron chi connectivity index (χ4n) is 2.47. The Balaban J connectivity index is 1.94. The molecule has 3 rings (SSSR count). The van der Waals surface area contributed by atoms with Crippen molar-refractivity contribution in [2.75, 3.05) is 5.75 Å². The Bertz CT molecular complexity index is 940. The van der Waals surface area contributed by atoms with E-state index in [2.05, 4.69) is 6.07 Å². The summed E-state index contributed by atoms with van der Waals surface area (Å²) in [5.41, 5.74) is 0.484. The lowest BCUT2D eigenvalue weighted by Gasteiger charge is -2.24. The van der Waals surface area contributed by atoms with Crippen molar-refractivity contribution in [3.05, 3.63) is 95.5 Å². The molecule has 0 aliphatic rings. The highest BCUT2D eigenvalue weighted by Crippen LogP contribution is 2.39. The normalized spacial score (nSPS) is 12.7. The van der Waals surface area contributed by atoms with Crippen molar-refractivity contribution in [2.24, 2.45) is 0 Å². The number of halogens is 1. The van der Waals surface area contributed by atoms with Crippen LogP contribution in [0.4, 0.5) is 0 Å². The van der Waals surface area contributed by atoms with Crippen LogP contribution in [0.5, 0.6) is 0 Å². The fraction of sp³-hybridized carbons (Fsp3) is 0.0909. The van der Waals surface area contributed by atoms with Gasteiger partial charge in [0, 0.05) is 26.1 Å². The molecule has 5 heteroatoms. The summed E-state index contributed by atoms with van der Waals surface area (Å²) in [5.74, 6) is 0.132. The number of rotatable bonds is 7. The molecule has 0 amide bonds. The Kier molecular flexibility index (Phi) is 6.63. The maximum absolute atomic E-state index is 13.3. The van der Waals surface area contributed by atoms with Crippen molar-refractivity contribution in [3.8, 4) is 6.07 Å². The lowest BCUT2D eigenvalue weighted by atomic mass is 9.99. The van der Waals surface area contributed by atoms with E-state index in [1.54, 1.807) is 24.3 Å². The second kappa shape index (κ2) is 9.14. The van der Waals surface area contributed by atoms with Gasteiger partial charge < -0.3 is 0 Å². The first-order valence-corrected chi connectivity index (χ1v) is 10.4. The molecule has 2 nitrogen and oxygen atoms in total. The highest BCUT2D eigenvalue weighted by atomic mass is 35.5. The van der Waals surface area contributed by atoms with Crippen molar-refractivity contribution in [1.82, 2.24) is 0 Å². The Labute approximate surface area is 172 Å². The molecule has 0 saturated carbocycles. The van der Waals surface area contributed by atoms with Crippen LogP contribution in [-0.4, -0.2) is 16.3 Å². The summed E-state index contributed by atoms with van der Waals surface area (Å²) in [5, 5.41) is 10.6. The molecule has 3 aromatic carbocycles. The van der Waals surface area contributed by atoms with Crippen molar-refractivity contribution < 1.29 is 4.79 Å². The molecule has 0 saturated heterocycles. The van der Waals surface area contributed by atoms with Gasteiger partial charge in [0.05, 0.1) is 6.07 Å². The molecule has 0 heterocycles. The number of hydrogen-bond donors (Lipinski definition) is 0. The van der Waals surface area contributed by atoms with Gasteiger partial charge in [-0.1, -0.05) is 59.8 Å². The molecule has 27 heavy (non-hydrogen) atoms. The lowest BCUT2D eigenvalue weighted by Crippen LogP contribution is -2.36. The third-order valence-corrected chi connectivity index (χ3v) is 6.77. The second-order valence-corrected chi connectivity index (χ2v) is 8.65. The molecule has 0 aliphatic carbocycles. The van der Waals surface area contributed by atoms with E-state index in [1.165, 1.54) is 23.5 Å². The number of thioether (sulfide) groups is 2. The Morgan fingerprint density at radius 3 is 2.00 bits per heavy atom. The fourth-order valence-corrected chi connectivity index (χ4v) is 4.88. The van der Waals surface area contributed by atoms with E-state index in [-0.39, 0.29) is 5.78 Å². The van der Waals surface area contributed by atoms with Gasteiger partial charge in [-0.3, -0.25) is 4.79 Å². The predicted molar refractivity (Wildman–Crippen MR) is 114 cm³/mol. The zero-order chi connectivity index (χ0) is 19.1. The number of nitrogens with zero attached hydrogens (tertiary/aromatic N) is 1. The zero-order valence-corrected chi connectivity index (χ0v) is 16.7. The zero-order valence-electron chi connectivity index (χ0n) is 14.3. The lowest BCUT2D eigenvalue weighted by molar-refractivity contribution is 0.0974. The number of hydrogen-bond acceptors (Lipinski definition) is 4. The standard InChI is InChI=1S/C22H16ClNOS2/c23-18-13-11-17(12-14-18)21(25)22(15-24,27-20-9-5-2-6-10-20)16-26-19-7-3-1-4-8-19/h1-14H,16H2. The topological polar surface area (TPSA) is 40.9 Å². The van der Waals surface area contributed by atoms with Crippen LogP contribution in [0, 0.1) is 11.3 Å². The van der Waals surface area contributed by atoms with E-state index in [0.29, 0.717) is 16.3 Å². The summed E-state index contributed by atoms with van der Waals surface area (Å²) >= 11 is 8.76. The van der Waals surface area contributed by atoms with E-state index >= 15 is 0 Å². The first-order valence-electron chi connectivity index (χ1n) is 8.26. The molecule has 0 spiro atoms. The molecule has 0 bridgehead atoms. The summed E-state index contributed by atoms with van der Waals surface area (Å²) in [6.45, 7) is 0. The maximum atomic E-state index is 13.3. The molecule has 0 radical (unpaired) electrons. The molecule has 0 fully saturated rings. The summed E-state index contributed by atoms with van der Waals surface area (Å²) in [6, 6.07) is 28.4. The number of carbonyl (C=O) groups excluding carboxylic acids is 1. The molecule has 0 aliphatic heterocycles. The van der Waals surface area contributed by atoms with Gasteiger partial charge in [-0.05, 0) is 48.5 Å². The Hall–Kier alpha value is -2.19. The highest BCUT2D eigenvalue weighted by Gasteiger charge is 2.40. The van der Waals surface area contributed by atoms with Crippen LogP contribution in [0.1, 0.15) is 10.4 Å². The van der Waals surface area contributed by atoms with Crippen molar-refractivity contribution in [2.45, 2.75) is 14.5 Å². The Morgan fingerprint density at radius 1 is 0.889 bits per heavy atom. The largest absolute Gasteiger partial charge is 0.291 e. The minimum absolute atomic E-state index is 0.209. The van der Waals surface area contributed by atoms with Gasteiger partial charge in [-0.15, -0.1) is 11.8 Å². The van der Waals surface area contributed by atoms with Crippen LogP contribution in [-0.2, 0) is 0 Å². The van der Waals surface area contributed by atoms with Crippen molar-refractivity contribution >= 4 is 40.9 Å². The van der Waals surface area contributed by atoms with Gasteiger partial charge in [0.2, 0.25) is 0 Å². The van der Waals surface area contributed by atoms with Gasteiger partial charge in [-0.25, -0.2) is 0 Å².